The summed E-state index contributed by atoms with van der Waals surface area (Å²) in [5, 5.41) is 3.54. The number of anilines is 1. The minimum absolute atomic E-state index is 0.0322. The summed E-state index contributed by atoms with van der Waals surface area (Å²) >= 11 is 7.06. The van der Waals surface area contributed by atoms with Crippen LogP contribution in [-0.2, 0) is 31.5 Å². The fourth-order valence-corrected chi connectivity index (χ4v) is 6.12. The Bertz CT molecular complexity index is 1060. The molecule has 3 rings (SSSR count). The van der Waals surface area contributed by atoms with Crippen LogP contribution in [0.2, 0.25) is 5.02 Å². The summed E-state index contributed by atoms with van der Waals surface area (Å²) < 4.78 is 34.5. The largest absolute Gasteiger partial charge is 0.484 e. The van der Waals surface area contributed by atoms with Crippen LogP contribution in [0.3, 0.4) is 0 Å². The lowest BCUT2D eigenvalue weighted by Gasteiger charge is -2.13. The number of aryl methyl sites for hydroxylation is 1. The number of ether oxygens (including phenoxy) is 2. The van der Waals surface area contributed by atoms with Crippen LogP contribution in [0.5, 0.6) is 5.75 Å². The number of carbonyl (C=O) groups excluding carboxylic acids is 2. The summed E-state index contributed by atoms with van der Waals surface area (Å²) in [5.74, 6) is -0.728. The van der Waals surface area contributed by atoms with E-state index in [1.54, 1.807) is 25.1 Å². The van der Waals surface area contributed by atoms with E-state index >= 15 is 0 Å². The van der Waals surface area contributed by atoms with E-state index in [0.717, 1.165) is 16.9 Å². The third kappa shape index (κ3) is 5.09. The summed E-state index contributed by atoms with van der Waals surface area (Å²) in [6, 6.07) is 5.05. The van der Waals surface area contributed by atoms with Gasteiger partial charge in [-0.15, -0.1) is 11.3 Å². The van der Waals surface area contributed by atoms with E-state index in [0.29, 0.717) is 21.2 Å². The van der Waals surface area contributed by atoms with E-state index in [1.165, 1.54) is 0 Å². The summed E-state index contributed by atoms with van der Waals surface area (Å²) in [5.41, 5.74) is 1.69. The fraction of sp³-hybridized carbons (Fsp3) is 0.368. The molecule has 0 spiro atoms. The third-order valence-corrected chi connectivity index (χ3v) is 7.65. The number of amides is 1. The van der Waals surface area contributed by atoms with Crippen LogP contribution >= 0.6 is 22.9 Å². The molecule has 10 heteroatoms. The van der Waals surface area contributed by atoms with E-state index < -0.39 is 21.7 Å². The van der Waals surface area contributed by atoms with Crippen molar-refractivity contribution < 1.29 is 27.5 Å². The zero-order valence-corrected chi connectivity index (χ0v) is 18.3. The second kappa shape index (κ2) is 8.73. The lowest BCUT2D eigenvalue weighted by molar-refractivity contribution is -0.118. The van der Waals surface area contributed by atoms with E-state index in [2.05, 4.69) is 5.32 Å². The maximum absolute atomic E-state index is 12.4. The van der Waals surface area contributed by atoms with Crippen molar-refractivity contribution in [2.24, 2.45) is 0 Å². The monoisotopic (exact) mass is 457 g/mol. The van der Waals surface area contributed by atoms with Crippen molar-refractivity contribution in [3.8, 4) is 5.75 Å². The Morgan fingerprint density at radius 3 is 2.76 bits per heavy atom. The maximum atomic E-state index is 12.4. The molecule has 0 saturated carbocycles. The molecule has 0 unspecified atom stereocenters. The number of esters is 1. The highest BCUT2D eigenvalue weighted by Gasteiger charge is 2.32. The lowest BCUT2D eigenvalue weighted by atomic mass is 10.1. The molecule has 0 saturated heterocycles. The Kier molecular flexibility index (Phi) is 6.50. The van der Waals surface area contributed by atoms with Gasteiger partial charge in [0.15, 0.2) is 16.4 Å². The van der Waals surface area contributed by atoms with E-state index in [4.69, 9.17) is 21.1 Å². The van der Waals surface area contributed by atoms with Crippen LogP contribution < -0.4 is 10.1 Å². The zero-order valence-electron chi connectivity index (χ0n) is 15.9. The van der Waals surface area contributed by atoms with Gasteiger partial charge in [0.05, 0.1) is 23.7 Å². The van der Waals surface area contributed by atoms with Crippen molar-refractivity contribution in [3.05, 3.63) is 44.8 Å². The number of fused-ring (bicyclic) bond motifs is 1. The standard InChI is InChI=1S/C19H20ClNO6S2/c1-3-26-19(23)17-13-6-7-29(24,25)10-15(13)28-18(17)21-16(22)9-27-12-4-5-14(20)11(2)8-12/h4-5,8H,3,6-7,9-10H2,1-2H3,(H,21,22). The van der Waals surface area contributed by atoms with Gasteiger partial charge in [-0.05, 0) is 49.6 Å². The molecule has 1 aliphatic rings. The van der Waals surface area contributed by atoms with E-state index in [-0.39, 0.29) is 41.7 Å². The van der Waals surface area contributed by atoms with Gasteiger partial charge in [-0.3, -0.25) is 4.79 Å². The van der Waals surface area contributed by atoms with E-state index in [9.17, 15) is 18.0 Å². The van der Waals surface area contributed by atoms with Crippen molar-refractivity contribution in [3.63, 3.8) is 0 Å². The highest BCUT2D eigenvalue weighted by molar-refractivity contribution is 7.90. The molecule has 0 aliphatic carbocycles. The number of hydrogen-bond donors (Lipinski definition) is 1. The molecule has 2 heterocycles. The number of carbonyl (C=O) groups is 2. The molecular formula is C19H20ClNO6S2. The highest BCUT2D eigenvalue weighted by Crippen LogP contribution is 2.38. The van der Waals surface area contributed by atoms with Crippen molar-refractivity contribution in [2.75, 3.05) is 24.3 Å². The van der Waals surface area contributed by atoms with Crippen LogP contribution in [0.4, 0.5) is 5.00 Å². The molecule has 0 fully saturated rings. The summed E-state index contributed by atoms with van der Waals surface area (Å²) in [4.78, 5) is 25.4. The first-order valence-corrected chi connectivity index (χ1v) is 11.9. The Balaban J connectivity index is 1.78. The van der Waals surface area contributed by atoms with Gasteiger partial charge in [0.2, 0.25) is 0 Å². The van der Waals surface area contributed by atoms with Crippen LogP contribution in [0, 0.1) is 6.92 Å². The van der Waals surface area contributed by atoms with Gasteiger partial charge in [0.25, 0.3) is 5.91 Å². The van der Waals surface area contributed by atoms with Crippen molar-refractivity contribution in [1.29, 1.82) is 0 Å². The first-order chi connectivity index (χ1) is 13.7. The Labute approximate surface area is 177 Å². The lowest BCUT2D eigenvalue weighted by Crippen LogP contribution is -2.22. The van der Waals surface area contributed by atoms with Gasteiger partial charge < -0.3 is 14.8 Å². The Morgan fingerprint density at radius 2 is 2.07 bits per heavy atom. The first kappa shape index (κ1) is 21.6. The molecule has 7 nitrogen and oxygen atoms in total. The van der Waals surface area contributed by atoms with Crippen molar-refractivity contribution in [1.82, 2.24) is 0 Å². The third-order valence-electron chi connectivity index (χ3n) is 4.34. The molecule has 1 amide bonds. The van der Waals surface area contributed by atoms with Gasteiger partial charge in [0, 0.05) is 9.90 Å². The average molecular weight is 458 g/mol. The second-order valence-electron chi connectivity index (χ2n) is 6.52. The molecule has 156 valence electrons. The number of nitrogens with one attached hydrogen (secondary N) is 1. The molecule has 0 atom stereocenters. The summed E-state index contributed by atoms with van der Waals surface area (Å²) in [7, 11) is -3.21. The number of benzene rings is 1. The first-order valence-electron chi connectivity index (χ1n) is 8.91. The zero-order chi connectivity index (χ0) is 21.2. The SMILES string of the molecule is CCOC(=O)c1c(NC(=O)COc2ccc(Cl)c(C)c2)sc2c1CCS(=O)(=O)C2. The molecule has 1 N–H and O–H groups in total. The van der Waals surface area contributed by atoms with Crippen LogP contribution in [0.1, 0.15) is 33.3 Å². The number of thiophene rings is 1. The number of halogens is 1. The molecule has 29 heavy (non-hydrogen) atoms. The number of rotatable bonds is 6. The predicted octanol–water partition coefficient (Wildman–Crippen LogP) is 3.38. The van der Waals surface area contributed by atoms with Gasteiger partial charge >= 0.3 is 5.97 Å². The minimum Gasteiger partial charge on any atom is -0.484 e. The van der Waals surface area contributed by atoms with Gasteiger partial charge in [-0.2, -0.15) is 0 Å². The normalized spacial score (nSPS) is 14.7. The summed E-state index contributed by atoms with van der Waals surface area (Å²) in [6.07, 6.45) is 0.221. The highest BCUT2D eigenvalue weighted by atomic mass is 35.5. The molecule has 0 bridgehead atoms. The second-order valence-corrected chi connectivity index (χ2v) is 10.2. The van der Waals surface area contributed by atoms with E-state index in [1.807, 2.05) is 6.92 Å². The summed E-state index contributed by atoms with van der Waals surface area (Å²) in [6.45, 7) is 3.41. The fourth-order valence-electron chi connectivity index (χ4n) is 2.95. The number of sulfone groups is 1. The molecule has 0 radical (unpaired) electrons. The van der Waals surface area contributed by atoms with Crippen LogP contribution in [-0.4, -0.2) is 39.3 Å². The van der Waals surface area contributed by atoms with Gasteiger partial charge in [-0.25, -0.2) is 13.2 Å². The molecule has 1 aromatic heterocycles. The molecular weight excluding hydrogens is 438 g/mol. The average Bonchev–Trinajstić information content (AvgIpc) is 2.98. The quantitative estimate of drug-likeness (QED) is 0.667. The Morgan fingerprint density at radius 1 is 1.31 bits per heavy atom. The maximum Gasteiger partial charge on any atom is 0.341 e. The van der Waals surface area contributed by atoms with Crippen molar-refractivity contribution in [2.45, 2.75) is 26.0 Å². The minimum atomic E-state index is -3.21. The smallest absolute Gasteiger partial charge is 0.341 e. The van der Waals surface area contributed by atoms with Crippen molar-refractivity contribution >= 4 is 49.7 Å². The molecule has 2 aromatic rings. The number of hydrogen-bond acceptors (Lipinski definition) is 7. The molecule has 1 aromatic carbocycles. The predicted molar refractivity (Wildman–Crippen MR) is 112 cm³/mol. The van der Waals surface area contributed by atoms with Gasteiger partial charge in [-0.1, -0.05) is 11.6 Å². The van der Waals surface area contributed by atoms with Gasteiger partial charge in [0.1, 0.15) is 10.8 Å². The molecule has 1 aliphatic heterocycles. The topological polar surface area (TPSA) is 98.8 Å². The van der Waals surface area contributed by atoms with Crippen LogP contribution in [0.15, 0.2) is 18.2 Å². The Hall–Kier alpha value is -2.10. The van der Waals surface area contributed by atoms with Crippen LogP contribution in [0.25, 0.3) is 0 Å².